The van der Waals surface area contributed by atoms with Crippen LogP contribution in [0.4, 0.5) is 13.2 Å². The highest BCUT2D eigenvalue weighted by Crippen LogP contribution is 2.34. The first kappa shape index (κ1) is 27.2. The lowest BCUT2D eigenvalue weighted by Crippen LogP contribution is -2.39. The Morgan fingerprint density at radius 3 is 2.64 bits per heavy atom. The second-order valence-corrected chi connectivity index (χ2v) is 9.71. The largest absolute Gasteiger partial charge is 0.573 e. The summed E-state index contributed by atoms with van der Waals surface area (Å²) < 4.78 is 53.4. The molecule has 1 atom stereocenters. The summed E-state index contributed by atoms with van der Waals surface area (Å²) in [6.45, 7) is -0.295. The average molecular weight is 576 g/mol. The fourth-order valence-electron chi connectivity index (χ4n) is 4.98. The molecule has 0 saturated heterocycles. The molecular weight excluding hydrogens is 551 g/mol. The topological polar surface area (TPSA) is 110 Å². The highest BCUT2D eigenvalue weighted by atomic mass is 19.4. The fourth-order valence-corrected chi connectivity index (χ4v) is 4.98. The van der Waals surface area contributed by atoms with E-state index in [0.29, 0.717) is 39.7 Å². The number of hydrogen-bond donors (Lipinski definition) is 3. The molecule has 3 heterocycles. The zero-order chi connectivity index (χ0) is 29.4. The van der Waals surface area contributed by atoms with Gasteiger partial charge in [-0.3, -0.25) is 4.79 Å². The van der Waals surface area contributed by atoms with E-state index in [1.165, 1.54) is 25.3 Å². The van der Waals surface area contributed by atoms with Crippen molar-refractivity contribution in [3.63, 3.8) is 0 Å². The molecular formula is C31H24F3N3O5. The quantitative estimate of drug-likeness (QED) is 0.195. The van der Waals surface area contributed by atoms with Crippen molar-refractivity contribution in [1.29, 1.82) is 0 Å². The van der Waals surface area contributed by atoms with Gasteiger partial charge in [0.05, 0.1) is 30.8 Å². The van der Waals surface area contributed by atoms with Crippen LogP contribution in [0.25, 0.3) is 44.2 Å². The van der Waals surface area contributed by atoms with Gasteiger partial charge >= 0.3 is 6.36 Å². The Bertz CT molecular complexity index is 1930. The molecule has 6 aromatic rings. The maximum Gasteiger partial charge on any atom is 0.573 e. The van der Waals surface area contributed by atoms with Crippen molar-refractivity contribution < 1.29 is 37.0 Å². The second kappa shape index (κ2) is 10.7. The van der Waals surface area contributed by atoms with Crippen LogP contribution in [-0.4, -0.2) is 47.1 Å². The van der Waals surface area contributed by atoms with Crippen LogP contribution in [-0.2, 0) is 6.42 Å². The minimum absolute atomic E-state index is 0.249. The minimum Gasteiger partial charge on any atom is -0.497 e. The number of nitrogens with zero attached hydrogens (tertiary/aromatic N) is 1. The van der Waals surface area contributed by atoms with Crippen molar-refractivity contribution in [3.8, 4) is 23.0 Å². The minimum atomic E-state index is -4.83. The van der Waals surface area contributed by atoms with Gasteiger partial charge in [-0.25, -0.2) is 4.98 Å². The number of nitrogens with one attached hydrogen (secondary N) is 2. The van der Waals surface area contributed by atoms with E-state index >= 15 is 0 Å². The summed E-state index contributed by atoms with van der Waals surface area (Å²) in [5, 5.41) is 14.9. The van der Waals surface area contributed by atoms with E-state index < -0.39 is 18.3 Å². The van der Waals surface area contributed by atoms with Gasteiger partial charge in [0.1, 0.15) is 22.8 Å². The first-order chi connectivity index (χ1) is 20.2. The van der Waals surface area contributed by atoms with Gasteiger partial charge in [-0.15, -0.1) is 13.2 Å². The number of aliphatic hydroxyl groups is 1. The van der Waals surface area contributed by atoms with E-state index in [2.05, 4.69) is 20.0 Å². The molecule has 0 aliphatic heterocycles. The van der Waals surface area contributed by atoms with Crippen LogP contribution in [0.5, 0.6) is 11.5 Å². The number of carbonyl (C=O) groups is 1. The van der Waals surface area contributed by atoms with Gasteiger partial charge in [-0.2, -0.15) is 0 Å². The van der Waals surface area contributed by atoms with E-state index in [1.807, 2.05) is 30.5 Å². The number of aromatic nitrogens is 2. The number of ether oxygens (including phenoxy) is 2. The summed E-state index contributed by atoms with van der Waals surface area (Å²) in [4.78, 5) is 21.5. The standard InChI is InChI=1S/C31H24F3N3O5/c1-40-20-6-8-26-23(13-20)24(30(39)36-19(16-38)10-18-15-35-25-5-3-2-4-22(18)25)14-27(37-26)29-12-17-11-21(42-31(32,33)34)7-9-28(17)41-29/h2-9,11-15,19,35,38H,10,16H2,1H3,(H,36,39). The number of benzene rings is 3. The molecule has 8 nitrogen and oxygen atoms in total. The highest BCUT2D eigenvalue weighted by molar-refractivity contribution is 6.07. The third-order valence-corrected chi connectivity index (χ3v) is 6.93. The number of hydrogen-bond acceptors (Lipinski definition) is 6. The van der Waals surface area contributed by atoms with Gasteiger partial charge < -0.3 is 29.3 Å². The zero-order valence-corrected chi connectivity index (χ0v) is 22.2. The molecule has 11 heteroatoms. The van der Waals surface area contributed by atoms with Crippen LogP contribution in [0.15, 0.2) is 83.4 Å². The third-order valence-electron chi connectivity index (χ3n) is 6.93. The second-order valence-electron chi connectivity index (χ2n) is 9.71. The molecule has 3 N–H and O–H groups in total. The third kappa shape index (κ3) is 5.46. The number of carbonyl (C=O) groups excluding carboxylic acids is 1. The van der Waals surface area contributed by atoms with Crippen molar-refractivity contribution in [2.75, 3.05) is 13.7 Å². The molecule has 0 aliphatic rings. The predicted octanol–water partition coefficient (Wildman–Crippen LogP) is 6.37. The summed E-state index contributed by atoms with van der Waals surface area (Å²) in [5.74, 6) is -0.0676. The molecule has 3 aromatic heterocycles. The first-order valence-corrected chi connectivity index (χ1v) is 13.0. The van der Waals surface area contributed by atoms with E-state index in [9.17, 15) is 23.1 Å². The Balaban J connectivity index is 1.36. The van der Waals surface area contributed by atoms with Crippen LogP contribution in [0.1, 0.15) is 15.9 Å². The number of rotatable bonds is 8. The molecule has 0 bridgehead atoms. The molecule has 6 rings (SSSR count). The Morgan fingerprint density at radius 1 is 1.05 bits per heavy atom. The number of alkyl halides is 3. The summed E-state index contributed by atoms with van der Waals surface area (Å²) in [7, 11) is 1.51. The van der Waals surface area contributed by atoms with Gasteiger partial charge in [-0.05, 0) is 66.6 Å². The van der Waals surface area contributed by atoms with Crippen LogP contribution < -0.4 is 14.8 Å². The average Bonchev–Trinajstić information content (AvgIpc) is 3.59. The number of furan rings is 1. The van der Waals surface area contributed by atoms with E-state index in [1.54, 1.807) is 24.3 Å². The number of fused-ring (bicyclic) bond motifs is 3. The molecule has 3 aromatic carbocycles. The molecule has 0 fully saturated rings. The molecule has 0 aliphatic carbocycles. The normalized spacial score (nSPS) is 12.6. The number of amides is 1. The predicted molar refractivity (Wildman–Crippen MR) is 151 cm³/mol. The SMILES string of the molecule is COc1ccc2nc(-c3cc4cc(OC(F)(F)F)ccc4o3)cc(C(=O)NC(CO)Cc3c[nH]c4ccccc34)c2c1. The van der Waals surface area contributed by atoms with Gasteiger partial charge in [0, 0.05) is 27.9 Å². The van der Waals surface area contributed by atoms with Crippen molar-refractivity contribution in [3.05, 3.63) is 90.1 Å². The molecule has 1 amide bonds. The number of methoxy groups -OCH3 is 1. The lowest BCUT2D eigenvalue weighted by molar-refractivity contribution is -0.274. The van der Waals surface area contributed by atoms with Gasteiger partial charge in [0.25, 0.3) is 5.91 Å². The summed E-state index contributed by atoms with van der Waals surface area (Å²) in [6.07, 6.45) is -2.58. The Hall–Kier alpha value is -5.03. The van der Waals surface area contributed by atoms with Crippen molar-refractivity contribution in [2.24, 2.45) is 0 Å². The molecule has 214 valence electrons. The Kier molecular flexibility index (Phi) is 6.95. The van der Waals surface area contributed by atoms with Crippen molar-refractivity contribution in [1.82, 2.24) is 15.3 Å². The van der Waals surface area contributed by atoms with Crippen molar-refractivity contribution in [2.45, 2.75) is 18.8 Å². The van der Waals surface area contributed by atoms with Crippen LogP contribution in [0, 0.1) is 0 Å². The number of halogens is 3. The summed E-state index contributed by atoms with van der Waals surface area (Å²) in [5.41, 5.74) is 3.24. The summed E-state index contributed by atoms with van der Waals surface area (Å²) in [6, 6.07) is 19.1. The number of aliphatic hydroxyl groups excluding tert-OH is 1. The molecule has 1 unspecified atom stereocenters. The number of aromatic amines is 1. The molecule has 0 saturated carbocycles. The number of pyridine rings is 1. The van der Waals surface area contributed by atoms with Crippen LogP contribution in [0.2, 0.25) is 0 Å². The van der Waals surface area contributed by atoms with Gasteiger partial charge in [-0.1, -0.05) is 18.2 Å². The smallest absolute Gasteiger partial charge is 0.497 e. The fraction of sp³-hybridized carbons (Fsp3) is 0.161. The highest BCUT2D eigenvalue weighted by Gasteiger charge is 2.31. The molecule has 0 radical (unpaired) electrons. The lowest BCUT2D eigenvalue weighted by atomic mass is 10.0. The monoisotopic (exact) mass is 575 g/mol. The van der Waals surface area contributed by atoms with Crippen molar-refractivity contribution >= 4 is 38.7 Å². The maximum absolute atomic E-state index is 13.7. The number of para-hydroxylation sites is 1. The first-order valence-electron chi connectivity index (χ1n) is 13.0. The maximum atomic E-state index is 13.7. The van der Waals surface area contributed by atoms with E-state index in [4.69, 9.17) is 9.15 Å². The molecule has 42 heavy (non-hydrogen) atoms. The zero-order valence-electron chi connectivity index (χ0n) is 22.2. The van der Waals surface area contributed by atoms with Gasteiger partial charge in [0.2, 0.25) is 0 Å². The Morgan fingerprint density at radius 2 is 1.86 bits per heavy atom. The summed E-state index contributed by atoms with van der Waals surface area (Å²) >= 11 is 0. The van der Waals surface area contributed by atoms with E-state index in [-0.39, 0.29) is 23.7 Å². The number of H-pyrrole nitrogens is 1. The van der Waals surface area contributed by atoms with Crippen LogP contribution in [0.3, 0.4) is 0 Å². The van der Waals surface area contributed by atoms with Crippen LogP contribution >= 0.6 is 0 Å². The lowest BCUT2D eigenvalue weighted by Gasteiger charge is -2.17. The van der Waals surface area contributed by atoms with E-state index in [0.717, 1.165) is 22.5 Å². The molecule has 0 spiro atoms. The van der Waals surface area contributed by atoms with Gasteiger partial charge in [0.15, 0.2) is 5.76 Å². The Labute approximate surface area is 236 Å².